The first-order chi connectivity index (χ1) is 5.11. The van der Waals surface area contributed by atoms with Crippen molar-refractivity contribution in [2.75, 3.05) is 0 Å². The molecule has 0 amide bonds. The van der Waals surface area contributed by atoms with Gasteiger partial charge in [-0.3, -0.25) is 0 Å². The molecule has 11 heavy (non-hydrogen) atoms. The van der Waals surface area contributed by atoms with Gasteiger partial charge in [-0.05, 0) is 18.9 Å². The van der Waals surface area contributed by atoms with E-state index in [4.69, 9.17) is 0 Å². The maximum Gasteiger partial charge on any atom is 0.216 e. The summed E-state index contributed by atoms with van der Waals surface area (Å²) in [6, 6.07) is 3.63. The largest absolute Gasteiger partial charge is 0.225 e. The number of rotatable bonds is 1. The predicted molar refractivity (Wildman–Crippen MR) is 43.0 cm³/mol. The van der Waals surface area contributed by atoms with Crippen LogP contribution in [0.3, 0.4) is 0 Å². The highest BCUT2D eigenvalue weighted by molar-refractivity contribution is 5.17. The minimum absolute atomic E-state index is 0.211. The molecule has 0 fully saturated rings. The Morgan fingerprint density at radius 3 is 2.45 bits per heavy atom. The van der Waals surface area contributed by atoms with Gasteiger partial charge in [0.2, 0.25) is 5.95 Å². The molecule has 1 rings (SSSR count). The van der Waals surface area contributed by atoms with Gasteiger partial charge in [-0.15, -0.1) is 0 Å². The van der Waals surface area contributed by atoms with Gasteiger partial charge < -0.3 is 0 Å². The Labute approximate surface area is 66.3 Å². The van der Waals surface area contributed by atoms with Gasteiger partial charge in [-0.2, -0.15) is 4.39 Å². The van der Waals surface area contributed by atoms with Crippen molar-refractivity contribution < 1.29 is 4.39 Å². The second-order valence-corrected chi connectivity index (χ2v) is 2.99. The van der Waals surface area contributed by atoms with Gasteiger partial charge in [-0.1, -0.05) is 19.9 Å². The number of aromatic nitrogens is 1. The molecule has 0 unspecified atom stereocenters. The van der Waals surface area contributed by atoms with Crippen LogP contribution in [0.15, 0.2) is 12.1 Å². The molecule has 1 aromatic heterocycles. The Bertz CT molecular complexity index is 256. The van der Waals surface area contributed by atoms with Crippen LogP contribution in [0.1, 0.15) is 31.0 Å². The summed E-state index contributed by atoms with van der Waals surface area (Å²) in [4.78, 5) is 3.73. The number of nitrogens with zero attached hydrogens (tertiary/aromatic N) is 1. The van der Waals surface area contributed by atoms with Crippen molar-refractivity contribution in [2.24, 2.45) is 0 Å². The lowest BCUT2D eigenvalue weighted by atomic mass is 10.1. The van der Waals surface area contributed by atoms with E-state index in [-0.39, 0.29) is 11.9 Å². The van der Waals surface area contributed by atoms with E-state index in [2.05, 4.69) is 4.98 Å². The summed E-state index contributed by atoms with van der Waals surface area (Å²) in [5.74, 6) is -0.122. The molecule has 0 aliphatic carbocycles. The van der Waals surface area contributed by atoms with Crippen molar-refractivity contribution in [3.8, 4) is 0 Å². The van der Waals surface area contributed by atoms with Crippen molar-refractivity contribution in [1.82, 2.24) is 4.98 Å². The van der Waals surface area contributed by atoms with Crippen LogP contribution >= 0.6 is 0 Å². The molecule has 0 aliphatic rings. The fourth-order valence-electron chi connectivity index (χ4n) is 0.966. The Balaban J connectivity index is 3.09. The minimum atomic E-state index is -0.333. The molecule has 0 atom stereocenters. The average Bonchev–Trinajstić information content (AvgIpc) is 1.85. The fraction of sp³-hybridized carbons (Fsp3) is 0.444. The number of hydrogen-bond donors (Lipinski definition) is 0. The highest BCUT2D eigenvalue weighted by Crippen LogP contribution is 2.16. The smallest absolute Gasteiger partial charge is 0.216 e. The third kappa shape index (κ3) is 1.76. The molecule has 0 saturated heterocycles. The van der Waals surface area contributed by atoms with Crippen LogP contribution in [0.25, 0.3) is 0 Å². The average molecular weight is 153 g/mol. The minimum Gasteiger partial charge on any atom is -0.225 e. The lowest BCUT2D eigenvalue weighted by Gasteiger charge is -2.05. The summed E-state index contributed by atoms with van der Waals surface area (Å²) in [6.45, 7) is 5.69. The number of halogens is 1. The number of hydrogen-bond acceptors (Lipinski definition) is 1. The highest BCUT2D eigenvalue weighted by atomic mass is 19.1. The lowest BCUT2D eigenvalue weighted by molar-refractivity contribution is 0.553. The van der Waals surface area contributed by atoms with Gasteiger partial charge in [0.25, 0.3) is 0 Å². The third-order valence-electron chi connectivity index (χ3n) is 1.64. The fourth-order valence-corrected chi connectivity index (χ4v) is 0.966. The highest BCUT2D eigenvalue weighted by Gasteiger charge is 2.06. The Kier molecular flexibility index (Phi) is 2.22. The zero-order valence-electron chi connectivity index (χ0n) is 7.06. The van der Waals surface area contributed by atoms with Crippen LogP contribution in [0.5, 0.6) is 0 Å². The Hall–Kier alpha value is -0.920. The van der Waals surface area contributed by atoms with Crippen LogP contribution in [-0.2, 0) is 0 Å². The first-order valence-electron chi connectivity index (χ1n) is 3.74. The third-order valence-corrected chi connectivity index (χ3v) is 1.64. The normalized spacial score (nSPS) is 10.6. The van der Waals surface area contributed by atoms with Gasteiger partial charge in [0.1, 0.15) is 0 Å². The summed E-state index contributed by atoms with van der Waals surface area (Å²) >= 11 is 0. The molecule has 0 N–H and O–H groups in total. The summed E-state index contributed by atoms with van der Waals surface area (Å²) < 4.78 is 13.0. The van der Waals surface area contributed by atoms with E-state index in [1.807, 2.05) is 19.9 Å². The van der Waals surface area contributed by atoms with Gasteiger partial charge in [0, 0.05) is 11.3 Å². The molecular weight excluding hydrogens is 141 g/mol. The van der Waals surface area contributed by atoms with E-state index < -0.39 is 0 Å². The molecule has 0 saturated carbocycles. The standard InChI is InChI=1S/C9H12FN/c1-6(2)8-5-4-7(3)11-9(8)10/h4-6H,1-3H3. The van der Waals surface area contributed by atoms with Gasteiger partial charge in [0.05, 0.1) is 0 Å². The summed E-state index contributed by atoms with van der Waals surface area (Å²) in [5.41, 5.74) is 1.42. The van der Waals surface area contributed by atoms with Crippen LogP contribution in [0.4, 0.5) is 4.39 Å². The van der Waals surface area contributed by atoms with Gasteiger partial charge >= 0.3 is 0 Å². The second kappa shape index (κ2) is 2.99. The Morgan fingerprint density at radius 1 is 1.36 bits per heavy atom. The van der Waals surface area contributed by atoms with Crippen molar-refractivity contribution in [3.63, 3.8) is 0 Å². The summed E-state index contributed by atoms with van der Waals surface area (Å²) in [7, 11) is 0. The monoisotopic (exact) mass is 153 g/mol. The quantitative estimate of drug-likeness (QED) is 0.565. The van der Waals surface area contributed by atoms with Crippen molar-refractivity contribution in [1.29, 1.82) is 0 Å². The molecule has 0 radical (unpaired) electrons. The molecule has 0 aliphatic heterocycles. The zero-order chi connectivity index (χ0) is 8.43. The van der Waals surface area contributed by atoms with E-state index in [0.717, 1.165) is 5.69 Å². The molecule has 0 aromatic carbocycles. The van der Waals surface area contributed by atoms with Crippen LogP contribution in [-0.4, -0.2) is 4.98 Å². The summed E-state index contributed by atoms with van der Waals surface area (Å²) in [6.07, 6.45) is 0. The number of pyridine rings is 1. The number of aryl methyl sites for hydroxylation is 1. The second-order valence-electron chi connectivity index (χ2n) is 2.99. The maximum absolute atomic E-state index is 13.0. The molecule has 2 heteroatoms. The van der Waals surface area contributed by atoms with E-state index in [9.17, 15) is 4.39 Å². The SMILES string of the molecule is Cc1ccc(C(C)C)c(F)n1. The van der Waals surface area contributed by atoms with E-state index in [1.54, 1.807) is 13.0 Å². The van der Waals surface area contributed by atoms with Crippen molar-refractivity contribution >= 4 is 0 Å². The predicted octanol–water partition coefficient (Wildman–Crippen LogP) is 2.65. The van der Waals surface area contributed by atoms with Gasteiger partial charge in [-0.25, -0.2) is 4.98 Å². The molecule has 0 bridgehead atoms. The Morgan fingerprint density at radius 2 is 2.00 bits per heavy atom. The zero-order valence-corrected chi connectivity index (χ0v) is 7.06. The molecular formula is C9H12FN. The molecule has 1 heterocycles. The van der Waals surface area contributed by atoms with Crippen molar-refractivity contribution in [3.05, 3.63) is 29.3 Å². The van der Waals surface area contributed by atoms with Crippen molar-refractivity contribution in [2.45, 2.75) is 26.7 Å². The van der Waals surface area contributed by atoms with Crippen LogP contribution in [0, 0.1) is 12.9 Å². The lowest BCUT2D eigenvalue weighted by Crippen LogP contribution is -1.96. The molecule has 60 valence electrons. The van der Waals surface area contributed by atoms with Crippen LogP contribution in [0.2, 0.25) is 0 Å². The van der Waals surface area contributed by atoms with Crippen LogP contribution < -0.4 is 0 Å². The van der Waals surface area contributed by atoms with E-state index in [0.29, 0.717) is 5.56 Å². The molecule has 1 aromatic rings. The summed E-state index contributed by atoms with van der Waals surface area (Å²) in [5, 5.41) is 0. The first kappa shape index (κ1) is 8.18. The van der Waals surface area contributed by atoms with E-state index >= 15 is 0 Å². The molecule has 1 nitrogen and oxygen atoms in total. The first-order valence-corrected chi connectivity index (χ1v) is 3.74. The van der Waals surface area contributed by atoms with E-state index in [1.165, 1.54) is 0 Å². The topological polar surface area (TPSA) is 12.9 Å². The maximum atomic E-state index is 13.0. The van der Waals surface area contributed by atoms with Gasteiger partial charge in [0.15, 0.2) is 0 Å². The molecule has 0 spiro atoms.